The molecule has 1 saturated heterocycles. The lowest BCUT2D eigenvalue weighted by atomic mass is 9.95. The van der Waals surface area contributed by atoms with E-state index in [9.17, 15) is 14.7 Å². The zero-order chi connectivity index (χ0) is 23.3. The van der Waals surface area contributed by atoms with Gasteiger partial charge in [-0.05, 0) is 48.4 Å². The summed E-state index contributed by atoms with van der Waals surface area (Å²) in [6, 6.07) is 10.7. The third kappa shape index (κ3) is 4.99. The molecule has 1 amide bonds. The minimum Gasteiger partial charge on any atom is -0.507 e. The highest BCUT2D eigenvalue weighted by Gasteiger charge is 2.45. The molecule has 0 aliphatic carbocycles. The molecule has 8 heteroatoms. The van der Waals surface area contributed by atoms with Crippen molar-refractivity contribution >= 4 is 40.7 Å². The average Bonchev–Trinajstić information content (AvgIpc) is 3.04. The molecule has 168 valence electrons. The maximum absolute atomic E-state index is 13.0. The van der Waals surface area contributed by atoms with Gasteiger partial charge >= 0.3 is 0 Å². The van der Waals surface area contributed by atoms with Gasteiger partial charge in [-0.2, -0.15) is 0 Å². The SMILES string of the molecule is C=CCOc1ccc(C(O)=C2C(=O)C(=O)N(CCCOC)C2c2ccc(Cl)c(Cl)c2)cc1. The Kier molecular flexibility index (Phi) is 7.96. The molecule has 1 aliphatic heterocycles. The first-order valence-electron chi connectivity index (χ1n) is 9.95. The number of methoxy groups -OCH3 is 1. The van der Waals surface area contributed by atoms with E-state index in [1.165, 1.54) is 4.90 Å². The van der Waals surface area contributed by atoms with Crippen molar-refractivity contribution in [2.75, 3.05) is 26.9 Å². The molecule has 0 radical (unpaired) electrons. The number of aliphatic hydroxyl groups excluding tert-OH is 1. The smallest absolute Gasteiger partial charge is 0.295 e. The Hall–Kier alpha value is -2.80. The standard InChI is InChI=1S/C24H23Cl2NO5/c1-3-12-32-17-8-5-15(6-9-17)22(28)20-21(16-7-10-18(25)19(26)14-16)27(11-4-13-31-2)24(30)23(20)29/h3,5-10,14,21,28H,1,4,11-13H2,2H3. The first-order valence-corrected chi connectivity index (χ1v) is 10.7. The van der Waals surface area contributed by atoms with Gasteiger partial charge in [-0.3, -0.25) is 9.59 Å². The Labute approximate surface area is 196 Å². The van der Waals surface area contributed by atoms with E-state index in [1.54, 1.807) is 55.7 Å². The second-order valence-electron chi connectivity index (χ2n) is 7.14. The number of aliphatic hydroxyl groups is 1. The van der Waals surface area contributed by atoms with E-state index in [-0.39, 0.29) is 22.9 Å². The molecule has 1 unspecified atom stereocenters. The molecule has 2 aromatic carbocycles. The minimum atomic E-state index is -0.807. The van der Waals surface area contributed by atoms with Gasteiger partial charge in [-0.25, -0.2) is 0 Å². The molecule has 0 saturated carbocycles. The van der Waals surface area contributed by atoms with Crippen LogP contribution in [0.2, 0.25) is 10.0 Å². The fourth-order valence-corrected chi connectivity index (χ4v) is 3.85. The number of carbonyl (C=O) groups is 2. The lowest BCUT2D eigenvalue weighted by Crippen LogP contribution is -2.31. The summed E-state index contributed by atoms with van der Waals surface area (Å²) in [7, 11) is 1.56. The van der Waals surface area contributed by atoms with Crippen molar-refractivity contribution in [3.63, 3.8) is 0 Å². The number of Topliss-reactive ketones (excluding diaryl/α,β-unsaturated/α-hetero) is 1. The van der Waals surface area contributed by atoms with Gasteiger partial charge in [0.05, 0.1) is 21.7 Å². The summed E-state index contributed by atoms with van der Waals surface area (Å²) in [5, 5.41) is 11.7. The fourth-order valence-electron chi connectivity index (χ4n) is 3.54. The summed E-state index contributed by atoms with van der Waals surface area (Å²) in [6.45, 7) is 4.63. The zero-order valence-electron chi connectivity index (χ0n) is 17.5. The van der Waals surface area contributed by atoms with E-state index < -0.39 is 17.7 Å². The number of carbonyl (C=O) groups excluding carboxylic acids is 2. The van der Waals surface area contributed by atoms with Crippen molar-refractivity contribution in [3.05, 3.63) is 81.9 Å². The molecule has 6 nitrogen and oxygen atoms in total. The number of halogens is 2. The number of benzene rings is 2. The summed E-state index contributed by atoms with van der Waals surface area (Å²) in [6.07, 6.45) is 2.15. The van der Waals surface area contributed by atoms with Crippen LogP contribution >= 0.6 is 23.2 Å². The van der Waals surface area contributed by atoms with Crippen LogP contribution < -0.4 is 4.74 Å². The molecule has 32 heavy (non-hydrogen) atoms. The zero-order valence-corrected chi connectivity index (χ0v) is 19.0. The summed E-state index contributed by atoms with van der Waals surface area (Å²) < 4.78 is 10.5. The van der Waals surface area contributed by atoms with Crippen LogP contribution in [-0.4, -0.2) is 48.6 Å². The molecule has 1 heterocycles. The monoisotopic (exact) mass is 475 g/mol. The van der Waals surface area contributed by atoms with Gasteiger partial charge < -0.3 is 19.5 Å². The quantitative estimate of drug-likeness (QED) is 0.181. The van der Waals surface area contributed by atoms with Gasteiger partial charge in [0.2, 0.25) is 0 Å². The van der Waals surface area contributed by atoms with Crippen molar-refractivity contribution < 1.29 is 24.2 Å². The first kappa shape index (κ1) is 23.9. The van der Waals surface area contributed by atoms with Crippen LogP contribution in [0, 0.1) is 0 Å². The van der Waals surface area contributed by atoms with Gasteiger partial charge in [0.25, 0.3) is 11.7 Å². The summed E-state index contributed by atoms with van der Waals surface area (Å²) in [5.74, 6) is -1.14. The Morgan fingerprint density at radius 1 is 1.16 bits per heavy atom. The number of likely N-dealkylation sites (tertiary alicyclic amines) is 1. The third-order valence-corrected chi connectivity index (χ3v) is 5.78. The highest BCUT2D eigenvalue weighted by Crippen LogP contribution is 2.41. The van der Waals surface area contributed by atoms with Gasteiger partial charge in [-0.1, -0.05) is 41.9 Å². The van der Waals surface area contributed by atoms with Crippen molar-refractivity contribution in [2.45, 2.75) is 12.5 Å². The van der Waals surface area contributed by atoms with E-state index in [0.29, 0.717) is 41.5 Å². The second kappa shape index (κ2) is 10.7. The molecule has 1 N–H and O–H groups in total. The Morgan fingerprint density at radius 2 is 1.88 bits per heavy atom. The van der Waals surface area contributed by atoms with Crippen molar-refractivity contribution in [3.8, 4) is 5.75 Å². The number of rotatable bonds is 9. The highest BCUT2D eigenvalue weighted by molar-refractivity contribution is 6.46. The van der Waals surface area contributed by atoms with Crippen molar-refractivity contribution in [2.24, 2.45) is 0 Å². The largest absolute Gasteiger partial charge is 0.507 e. The first-order chi connectivity index (χ1) is 15.4. The summed E-state index contributed by atoms with van der Waals surface area (Å²) in [4.78, 5) is 27.3. The number of nitrogens with zero attached hydrogens (tertiary/aromatic N) is 1. The molecule has 1 aliphatic rings. The second-order valence-corrected chi connectivity index (χ2v) is 7.95. The topological polar surface area (TPSA) is 76.1 Å². The van der Waals surface area contributed by atoms with Gasteiger partial charge in [0, 0.05) is 25.8 Å². The Balaban J connectivity index is 2.07. The normalized spacial score (nSPS) is 17.6. The number of amides is 1. The van der Waals surface area contributed by atoms with Gasteiger partial charge in [0.15, 0.2) is 0 Å². The van der Waals surface area contributed by atoms with E-state index in [0.717, 1.165) is 0 Å². The Morgan fingerprint density at radius 3 is 2.50 bits per heavy atom. The van der Waals surface area contributed by atoms with Crippen LogP contribution in [0.15, 0.2) is 60.7 Å². The van der Waals surface area contributed by atoms with Crippen LogP contribution in [-0.2, 0) is 14.3 Å². The van der Waals surface area contributed by atoms with E-state index in [1.807, 2.05) is 0 Å². The number of hydrogen-bond donors (Lipinski definition) is 1. The fraction of sp³-hybridized carbons (Fsp3) is 0.250. The van der Waals surface area contributed by atoms with Crippen LogP contribution in [0.3, 0.4) is 0 Å². The van der Waals surface area contributed by atoms with Gasteiger partial charge in [-0.15, -0.1) is 0 Å². The van der Waals surface area contributed by atoms with Crippen molar-refractivity contribution in [1.29, 1.82) is 0 Å². The highest BCUT2D eigenvalue weighted by atomic mass is 35.5. The molecule has 0 spiro atoms. The lowest BCUT2D eigenvalue weighted by molar-refractivity contribution is -0.140. The van der Waals surface area contributed by atoms with Crippen LogP contribution in [0.5, 0.6) is 5.75 Å². The molecule has 1 fully saturated rings. The average molecular weight is 476 g/mol. The van der Waals surface area contributed by atoms with E-state index in [2.05, 4.69) is 6.58 Å². The van der Waals surface area contributed by atoms with Gasteiger partial charge in [0.1, 0.15) is 18.1 Å². The predicted octanol–water partition coefficient (Wildman–Crippen LogP) is 5.02. The summed E-state index contributed by atoms with van der Waals surface area (Å²) in [5.41, 5.74) is 0.949. The molecular formula is C24H23Cl2NO5. The minimum absolute atomic E-state index is 0.00874. The Bertz CT molecular complexity index is 1050. The molecule has 0 bridgehead atoms. The maximum Gasteiger partial charge on any atom is 0.295 e. The summed E-state index contributed by atoms with van der Waals surface area (Å²) >= 11 is 12.3. The maximum atomic E-state index is 13.0. The van der Waals surface area contributed by atoms with Crippen LogP contribution in [0.4, 0.5) is 0 Å². The molecule has 3 rings (SSSR count). The number of ether oxygens (including phenoxy) is 2. The molecule has 1 atom stereocenters. The molecular weight excluding hydrogens is 453 g/mol. The number of hydrogen-bond acceptors (Lipinski definition) is 5. The third-order valence-electron chi connectivity index (χ3n) is 5.04. The molecule has 0 aromatic heterocycles. The van der Waals surface area contributed by atoms with E-state index >= 15 is 0 Å². The van der Waals surface area contributed by atoms with Crippen LogP contribution in [0.25, 0.3) is 5.76 Å². The van der Waals surface area contributed by atoms with E-state index in [4.69, 9.17) is 32.7 Å². The lowest BCUT2D eigenvalue weighted by Gasteiger charge is -2.25. The predicted molar refractivity (Wildman–Crippen MR) is 124 cm³/mol. The van der Waals surface area contributed by atoms with Crippen LogP contribution in [0.1, 0.15) is 23.6 Å². The molecule has 2 aromatic rings. The van der Waals surface area contributed by atoms with Crippen molar-refractivity contribution in [1.82, 2.24) is 4.90 Å². The number of ketones is 1.